The Kier molecular flexibility index (Phi) is 7.79. The molecule has 0 spiro atoms. The third-order valence-electron chi connectivity index (χ3n) is 4.70. The number of rotatable bonds is 8. The van der Waals surface area contributed by atoms with Crippen LogP contribution >= 0.6 is 0 Å². The van der Waals surface area contributed by atoms with Gasteiger partial charge in [0.2, 0.25) is 10.0 Å². The van der Waals surface area contributed by atoms with Gasteiger partial charge in [0, 0.05) is 45.3 Å². The number of sulfonamides is 1. The van der Waals surface area contributed by atoms with E-state index in [9.17, 15) is 13.2 Å². The molecule has 1 saturated heterocycles. The van der Waals surface area contributed by atoms with E-state index in [0.29, 0.717) is 18.0 Å². The van der Waals surface area contributed by atoms with Crippen LogP contribution in [0.25, 0.3) is 0 Å². The lowest BCUT2D eigenvalue weighted by molar-refractivity contribution is 0.0124. The summed E-state index contributed by atoms with van der Waals surface area (Å²) in [4.78, 5) is 15.0. The first-order valence-corrected chi connectivity index (χ1v) is 10.8. The van der Waals surface area contributed by atoms with E-state index >= 15 is 0 Å². The maximum absolute atomic E-state index is 12.5. The molecular formula is C19H31N3O4S. The summed E-state index contributed by atoms with van der Waals surface area (Å²) in [5, 5.41) is 3.00. The first-order valence-electron chi connectivity index (χ1n) is 9.34. The number of nitrogens with zero attached hydrogens (tertiary/aromatic N) is 2. The molecule has 27 heavy (non-hydrogen) atoms. The van der Waals surface area contributed by atoms with Gasteiger partial charge in [-0.2, -0.15) is 0 Å². The van der Waals surface area contributed by atoms with Crippen molar-refractivity contribution in [2.45, 2.75) is 31.2 Å². The molecule has 152 valence electrons. The third kappa shape index (κ3) is 6.00. The second-order valence-corrected chi connectivity index (χ2v) is 9.61. The molecular weight excluding hydrogens is 366 g/mol. The van der Waals surface area contributed by atoms with E-state index in [4.69, 9.17) is 4.74 Å². The number of hydrogen-bond acceptors (Lipinski definition) is 5. The van der Waals surface area contributed by atoms with Crippen LogP contribution in [-0.2, 0) is 14.8 Å². The number of nitrogens with one attached hydrogen (secondary N) is 1. The number of morpholine rings is 1. The Hall–Kier alpha value is -1.48. The molecule has 1 N–H and O–H groups in total. The van der Waals surface area contributed by atoms with Gasteiger partial charge in [-0.15, -0.1) is 0 Å². The fourth-order valence-electron chi connectivity index (χ4n) is 3.15. The number of carbonyl (C=O) groups is 1. The Labute approximate surface area is 162 Å². The Morgan fingerprint density at radius 1 is 1.19 bits per heavy atom. The Balaban J connectivity index is 2.00. The summed E-state index contributed by atoms with van der Waals surface area (Å²) < 4.78 is 30.8. The fourth-order valence-corrected chi connectivity index (χ4v) is 4.05. The van der Waals surface area contributed by atoms with Gasteiger partial charge in [-0.3, -0.25) is 9.69 Å². The zero-order chi connectivity index (χ0) is 20.0. The maximum atomic E-state index is 12.5. The minimum Gasteiger partial charge on any atom is -0.379 e. The molecule has 1 aliphatic rings. The number of benzene rings is 1. The van der Waals surface area contributed by atoms with Crippen molar-refractivity contribution in [1.29, 1.82) is 0 Å². The van der Waals surface area contributed by atoms with E-state index < -0.39 is 10.0 Å². The average Bonchev–Trinajstić information content (AvgIpc) is 2.65. The predicted octanol–water partition coefficient (Wildman–Crippen LogP) is 1.41. The Bertz CT molecular complexity index is 711. The highest BCUT2D eigenvalue weighted by molar-refractivity contribution is 7.89. The van der Waals surface area contributed by atoms with Gasteiger partial charge in [0.25, 0.3) is 5.91 Å². The van der Waals surface area contributed by atoms with Gasteiger partial charge in [0.1, 0.15) is 0 Å². The summed E-state index contributed by atoms with van der Waals surface area (Å²) in [6.07, 6.45) is 1.00. The van der Waals surface area contributed by atoms with E-state index in [2.05, 4.69) is 24.1 Å². The van der Waals surface area contributed by atoms with Crippen LogP contribution in [0.15, 0.2) is 29.2 Å². The van der Waals surface area contributed by atoms with Crippen molar-refractivity contribution in [2.24, 2.45) is 5.92 Å². The van der Waals surface area contributed by atoms with Crippen LogP contribution in [0.4, 0.5) is 0 Å². The van der Waals surface area contributed by atoms with Crippen LogP contribution in [0, 0.1) is 5.92 Å². The molecule has 2 rings (SSSR count). The van der Waals surface area contributed by atoms with Crippen molar-refractivity contribution in [2.75, 3.05) is 46.9 Å². The van der Waals surface area contributed by atoms with Crippen molar-refractivity contribution < 1.29 is 17.9 Å². The summed E-state index contributed by atoms with van der Waals surface area (Å²) >= 11 is 0. The molecule has 0 bridgehead atoms. The molecule has 1 fully saturated rings. The van der Waals surface area contributed by atoms with E-state index in [1.54, 1.807) is 12.1 Å². The van der Waals surface area contributed by atoms with E-state index in [1.165, 1.54) is 26.2 Å². The Morgan fingerprint density at radius 3 is 2.30 bits per heavy atom. The van der Waals surface area contributed by atoms with Gasteiger partial charge in [0.15, 0.2) is 0 Å². The largest absolute Gasteiger partial charge is 0.379 e. The highest BCUT2D eigenvalue weighted by Gasteiger charge is 2.23. The van der Waals surface area contributed by atoms with E-state index in [-0.39, 0.29) is 16.8 Å². The molecule has 0 aromatic heterocycles. The smallest absolute Gasteiger partial charge is 0.251 e. The zero-order valence-corrected chi connectivity index (χ0v) is 17.5. The van der Waals surface area contributed by atoms with Crippen molar-refractivity contribution in [3.63, 3.8) is 0 Å². The van der Waals surface area contributed by atoms with Gasteiger partial charge >= 0.3 is 0 Å². The van der Waals surface area contributed by atoms with E-state index in [1.807, 2.05) is 0 Å². The second kappa shape index (κ2) is 9.64. The van der Waals surface area contributed by atoms with Gasteiger partial charge in [-0.05, 0) is 36.6 Å². The summed E-state index contributed by atoms with van der Waals surface area (Å²) in [5.41, 5.74) is 0.456. The predicted molar refractivity (Wildman–Crippen MR) is 105 cm³/mol. The number of hydrogen-bond donors (Lipinski definition) is 1. The maximum Gasteiger partial charge on any atom is 0.251 e. The molecule has 1 aromatic rings. The lowest BCUT2D eigenvalue weighted by Gasteiger charge is -2.35. The topological polar surface area (TPSA) is 79.0 Å². The minimum absolute atomic E-state index is 0.176. The number of amides is 1. The second-order valence-electron chi connectivity index (χ2n) is 7.45. The van der Waals surface area contributed by atoms with E-state index in [0.717, 1.165) is 37.0 Å². The molecule has 0 radical (unpaired) electrons. The molecule has 0 aliphatic carbocycles. The molecule has 1 heterocycles. The fraction of sp³-hybridized carbons (Fsp3) is 0.632. The summed E-state index contributed by atoms with van der Waals surface area (Å²) in [6, 6.07) is 6.32. The SMILES string of the molecule is CC(C)CC(CNC(=O)c1ccc(S(=O)(=O)N(C)C)cc1)N1CCOCC1. The normalized spacial score (nSPS) is 17.3. The highest BCUT2D eigenvalue weighted by atomic mass is 32.2. The number of carbonyl (C=O) groups excluding carboxylic acids is 1. The molecule has 1 aromatic carbocycles. The lowest BCUT2D eigenvalue weighted by atomic mass is 10.0. The highest BCUT2D eigenvalue weighted by Crippen LogP contribution is 2.15. The number of ether oxygens (including phenoxy) is 1. The minimum atomic E-state index is -3.49. The molecule has 8 heteroatoms. The molecule has 7 nitrogen and oxygen atoms in total. The van der Waals surface area contributed by atoms with Crippen molar-refractivity contribution in [1.82, 2.24) is 14.5 Å². The van der Waals surface area contributed by atoms with Crippen LogP contribution in [0.2, 0.25) is 0 Å². The Morgan fingerprint density at radius 2 is 1.78 bits per heavy atom. The lowest BCUT2D eigenvalue weighted by Crippen LogP contribution is -2.49. The molecule has 1 atom stereocenters. The summed E-state index contributed by atoms with van der Waals surface area (Å²) in [7, 11) is -0.525. The van der Waals surface area contributed by atoms with Gasteiger partial charge < -0.3 is 10.1 Å². The summed E-state index contributed by atoms with van der Waals surface area (Å²) in [5.74, 6) is 0.344. The van der Waals surface area contributed by atoms with Gasteiger partial charge in [0.05, 0.1) is 18.1 Å². The average molecular weight is 398 g/mol. The van der Waals surface area contributed by atoms with Crippen LogP contribution in [-0.4, -0.2) is 76.5 Å². The van der Waals surface area contributed by atoms with Crippen molar-refractivity contribution >= 4 is 15.9 Å². The van der Waals surface area contributed by atoms with Crippen molar-refractivity contribution in [3.8, 4) is 0 Å². The quantitative estimate of drug-likeness (QED) is 0.718. The third-order valence-corrected chi connectivity index (χ3v) is 6.53. The first kappa shape index (κ1) is 21.8. The molecule has 0 saturated carbocycles. The van der Waals surface area contributed by atoms with Crippen molar-refractivity contribution in [3.05, 3.63) is 29.8 Å². The van der Waals surface area contributed by atoms with Crippen LogP contribution in [0.3, 0.4) is 0 Å². The molecule has 1 amide bonds. The van der Waals surface area contributed by atoms with Crippen LogP contribution in [0.5, 0.6) is 0 Å². The van der Waals surface area contributed by atoms with Crippen LogP contribution < -0.4 is 5.32 Å². The molecule has 1 unspecified atom stereocenters. The van der Waals surface area contributed by atoms with Crippen LogP contribution in [0.1, 0.15) is 30.6 Å². The van der Waals surface area contributed by atoms with Gasteiger partial charge in [-0.25, -0.2) is 12.7 Å². The molecule has 1 aliphatic heterocycles. The monoisotopic (exact) mass is 397 g/mol. The van der Waals surface area contributed by atoms with Gasteiger partial charge in [-0.1, -0.05) is 13.8 Å². The zero-order valence-electron chi connectivity index (χ0n) is 16.6. The first-order chi connectivity index (χ1) is 12.7. The summed E-state index contributed by atoms with van der Waals surface area (Å²) in [6.45, 7) is 8.14. The standard InChI is InChI=1S/C19H31N3O4S/c1-15(2)13-17(22-9-11-26-12-10-22)14-20-19(23)16-5-7-18(8-6-16)27(24,25)21(3)4/h5-8,15,17H,9-14H2,1-4H3,(H,20,23).